The van der Waals surface area contributed by atoms with Crippen LogP contribution in [0.4, 0.5) is 4.39 Å². The van der Waals surface area contributed by atoms with Crippen molar-refractivity contribution >= 4 is 16.8 Å². The van der Waals surface area contributed by atoms with Gasteiger partial charge in [0.2, 0.25) is 0 Å². The topological polar surface area (TPSA) is 51.2 Å². The maximum atomic E-state index is 14.0. The van der Waals surface area contributed by atoms with Gasteiger partial charge in [0.25, 0.3) is 5.91 Å². The van der Waals surface area contributed by atoms with Gasteiger partial charge < -0.3 is 10.1 Å². The van der Waals surface area contributed by atoms with Gasteiger partial charge in [-0.05, 0) is 30.3 Å². The lowest BCUT2D eigenvalue weighted by molar-refractivity contribution is 0.0950. The molecule has 0 bridgehead atoms. The molecular formula is C18H15FN2O2. The summed E-state index contributed by atoms with van der Waals surface area (Å²) < 4.78 is 19.0. The van der Waals surface area contributed by atoms with E-state index in [-0.39, 0.29) is 18.2 Å². The highest BCUT2D eigenvalue weighted by Crippen LogP contribution is 2.20. The predicted molar refractivity (Wildman–Crippen MR) is 85.9 cm³/mol. The monoisotopic (exact) mass is 310 g/mol. The number of methoxy groups -OCH3 is 1. The lowest BCUT2D eigenvalue weighted by atomic mass is 10.1. The van der Waals surface area contributed by atoms with Crippen molar-refractivity contribution in [2.75, 3.05) is 7.11 Å². The van der Waals surface area contributed by atoms with Crippen LogP contribution >= 0.6 is 0 Å². The normalized spacial score (nSPS) is 10.5. The van der Waals surface area contributed by atoms with Gasteiger partial charge in [0.15, 0.2) is 11.6 Å². The van der Waals surface area contributed by atoms with E-state index < -0.39 is 5.82 Å². The van der Waals surface area contributed by atoms with Crippen LogP contribution in [0.2, 0.25) is 0 Å². The molecule has 0 aliphatic heterocycles. The van der Waals surface area contributed by atoms with Gasteiger partial charge >= 0.3 is 0 Å². The molecule has 0 fully saturated rings. The second-order valence-corrected chi connectivity index (χ2v) is 5.03. The first kappa shape index (κ1) is 15.0. The average Bonchev–Trinajstić information content (AvgIpc) is 2.60. The van der Waals surface area contributed by atoms with Crippen LogP contribution < -0.4 is 10.1 Å². The van der Waals surface area contributed by atoms with Gasteiger partial charge in [0.05, 0.1) is 12.6 Å². The summed E-state index contributed by atoms with van der Waals surface area (Å²) in [6, 6.07) is 13.8. The Kier molecular flexibility index (Phi) is 4.19. The van der Waals surface area contributed by atoms with Crippen molar-refractivity contribution in [2.45, 2.75) is 6.54 Å². The largest absolute Gasteiger partial charge is 0.494 e. The minimum absolute atomic E-state index is 0.0902. The van der Waals surface area contributed by atoms with E-state index in [1.54, 1.807) is 36.5 Å². The van der Waals surface area contributed by atoms with E-state index in [2.05, 4.69) is 10.3 Å². The van der Waals surface area contributed by atoms with Gasteiger partial charge in [-0.3, -0.25) is 9.78 Å². The van der Waals surface area contributed by atoms with E-state index in [9.17, 15) is 9.18 Å². The standard InChI is InChI=1S/C18H15FN2O2/c1-23-16-6-2-4-14(17(16)19)11-21-18(22)13-7-8-15-12(10-13)5-3-9-20-15/h2-10H,11H2,1H3,(H,21,22). The van der Waals surface area contributed by atoms with Gasteiger partial charge in [-0.25, -0.2) is 4.39 Å². The molecule has 1 heterocycles. The molecule has 1 N–H and O–H groups in total. The molecule has 5 heteroatoms. The molecule has 2 aromatic carbocycles. The average molecular weight is 310 g/mol. The highest BCUT2D eigenvalue weighted by Gasteiger charge is 2.11. The van der Waals surface area contributed by atoms with Gasteiger partial charge in [-0.1, -0.05) is 18.2 Å². The zero-order chi connectivity index (χ0) is 16.2. The van der Waals surface area contributed by atoms with Gasteiger partial charge in [0.1, 0.15) is 0 Å². The van der Waals surface area contributed by atoms with E-state index in [1.165, 1.54) is 13.2 Å². The number of hydrogen-bond acceptors (Lipinski definition) is 3. The maximum absolute atomic E-state index is 14.0. The molecule has 23 heavy (non-hydrogen) atoms. The van der Waals surface area contributed by atoms with Crippen molar-refractivity contribution in [3.8, 4) is 5.75 Å². The van der Waals surface area contributed by atoms with E-state index in [4.69, 9.17) is 4.74 Å². The predicted octanol–water partition coefficient (Wildman–Crippen LogP) is 3.31. The third kappa shape index (κ3) is 3.13. The molecular weight excluding hydrogens is 295 g/mol. The summed E-state index contributed by atoms with van der Waals surface area (Å²) in [5, 5.41) is 3.60. The molecule has 4 nitrogen and oxygen atoms in total. The molecule has 0 aliphatic carbocycles. The first-order valence-electron chi connectivity index (χ1n) is 7.13. The molecule has 116 valence electrons. The Bertz CT molecular complexity index is 865. The number of pyridine rings is 1. The molecule has 3 aromatic rings. The van der Waals surface area contributed by atoms with E-state index >= 15 is 0 Å². The third-order valence-corrected chi connectivity index (χ3v) is 3.57. The molecule has 0 unspecified atom stereocenters. The van der Waals surface area contributed by atoms with Crippen molar-refractivity contribution in [3.63, 3.8) is 0 Å². The Hall–Kier alpha value is -2.95. The second-order valence-electron chi connectivity index (χ2n) is 5.03. The van der Waals surface area contributed by atoms with E-state index in [1.807, 2.05) is 12.1 Å². The van der Waals surface area contributed by atoms with Crippen LogP contribution in [0.3, 0.4) is 0 Å². The Morgan fingerprint density at radius 2 is 2.09 bits per heavy atom. The van der Waals surface area contributed by atoms with Crippen molar-refractivity contribution in [3.05, 3.63) is 71.7 Å². The van der Waals surface area contributed by atoms with Crippen LogP contribution in [0.15, 0.2) is 54.7 Å². The Morgan fingerprint density at radius 1 is 1.22 bits per heavy atom. The van der Waals surface area contributed by atoms with E-state index in [0.717, 1.165) is 10.9 Å². The quantitative estimate of drug-likeness (QED) is 0.804. The van der Waals surface area contributed by atoms with Gasteiger partial charge in [-0.2, -0.15) is 0 Å². The third-order valence-electron chi connectivity index (χ3n) is 3.57. The van der Waals surface area contributed by atoms with Crippen LogP contribution in [0, 0.1) is 5.82 Å². The number of halogens is 1. The number of amides is 1. The van der Waals surface area contributed by atoms with Crippen molar-refractivity contribution in [2.24, 2.45) is 0 Å². The number of ether oxygens (including phenoxy) is 1. The van der Waals surface area contributed by atoms with Crippen LogP contribution in [-0.2, 0) is 6.54 Å². The summed E-state index contributed by atoms with van der Waals surface area (Å²) >= 11 is 0. The molecule has 1 amide bonds. The number of fused-ring (bicyclic) bond motifs is 1. The zero-order valence-electron chi connectivity index (χ0n) is 12.5. The second kappa shape index (κ2) is 6.44. The number of carbonyl (C=O) groups excluding carboxylic acids is 1. The molecule has 0 saturated heterocycles. The SMILES string of the molecule is COc1cccc(CNC(=O)c2ccc3ncccc3c2)c1F. The van der Waals surface area contributed by atoms with Gasteiger partial charge in [0, 0.05) is 29.3 Å². The first-order valence-corrected chi connectivity index (χ1v) is 7.13. The number of benzene rings is 2. The highest BCUT2D eigenvalue weighted by atomic mass is 19.1. The summed E-state index contributed by atoms with van der Waals surface area (Å²) in [5.41, 5.74) is 1.71. The molecule has 0 spiro atoms. The Balaban J connectivity index is 1.76. The summed E-state index contributed by atoms with van der Waals surface area (Å²) in [7, 11) is 1.41. The number of aromatic nitrogens is 1. The van der Waals surface area contributed by atoms with Gasteiger partial charge in [-0.15, -0.1) is 0 Å². The lowest BCUT2D eigenvalue weighted by Gasteiger charge is -2.09. The highest BCUT2D eigenvalue weighted by molar-refractivity contribution is 5.97. The summed E-state index contributed by atoms with van der Waals surface area (Å²) in [5.74, 6) is -0.565. The molecule has 0 saturated carbocycles. The fraction of sp³-hybridized carbons (Fsp3) is 0.111. The smallest absolute Gasteiger partial charge is 0.251 e. The van der Waals surface area contributed by atoms with Crippen LogP contribution in [0.25, 0.3) is 10.9 Å². The molecule has 0 atom stereocenters. The minimum atomic E-state index is -0.460. The fourth-order valence-corrected chi connectivity index (χ4v) is 2.34. The van der Waals surface area contributed by atoms with Crippen molar-refractivity contribution < 1.29 is 13.9 Å². The molecule has 0 aliphatic rings. The fourth-order valence-electron chi connectivity index (χ4n) is 2.34. The summed E-state index contributed by atoms with van der Waals surface area (Å²) in [6.45, 7) is 0.0902. The zero-order valence-corrected chi connectivity index (χ0v) is 12.5. The number of hydrogen-bond donors (Lipinski definition) is 1. The lowest BCUT2D eigenvalue weighted by Crippen LogP contribution is -2.23. The maximum Gasteiger partial charge on any atom is 0.251 e. The number of nitrogens with zero attached hydrogens (tertiary/aromatic N) is 1. The molecule has 0 radical (unpaired) electrons. The number of rotatable bonds is 4. The molecule has 3 rings (SSSR count). The Morgan fingerprint density at radius 3 is 2.91 bits per heavy atom. The van der Waals surface area contributed by atoms with Crippen molar-refractivity contribution in [1.82, 2.24) is 10.3 Å². The van der Waals surface area contributed by atoms with Crippen LogP contribution in [0.5, 0.6) is 5.75 Å². The first-order chi connectivity index (χ1) is 11.2. The molecule has 1 aromatic heterocycles. The minimum Gasteiger partial charge on any atom is -0.494 e. The number of nitrogens with one attached hydrogen (secondary N) is 1. The van der Waals surface area contributed by atoms with E-state index in [0.29, 0.717) is 11.1 Å². The van der Waals surface area contributed by atoms with Crippen LogP contribution in [0.1, 0.15) is 15.9 Å². The Labute approximate surface area is 132 Å². The summed E-state index contributed by atoms with van der Waals surface area (Å²) in [6.07, 6.45) is 1.70. The van der Waals surface area contributed by atoms with Crippen LogP contribution in [-0.4, -0.2) is 18.0 Å². The number of carbonyl (C=O) groups is 1. The summed E-state index contributed by atoms with van der Waals surface area (Å²) in [4.78, 5) is 16.5. The van der Waals surface area contributed by atoms with Crippen molar-refractivity contribution in [1.29, 1.82) is 0 Å².